The van der Waals surface area contributed by atoms with Crippen LogP contribution >= 0.6 is 0 Å². The van der Waals surface area contributed by atoms with Gasteiger partial charge in [-0.1, -0.05) is 6.92 Å². The number of ether oxygens (including phenoxy) is 1. The van der Waals surface area contributed by atoms with Crippen molar-refractivity contribution in [3.63, 3.8) is 0 Å². The van der Waals surface area contributed by atoms with Crippen molar-refractivity contribution >= 4 is 9.84 Å². The number of hydrogen-bond donors (Lipinski definition) is 1. The van der Waals surface area contributed by atoms with Crippen LogP contribution in [0, 0.1) is 11.8 Å². The first-order chi connectivity index (χ1) is 9.11. The van der Waals surface area contributed by atoms with Crippen LogP contribution in [0.5, 0.6) is 0 Å². The summed E-state index contributed by atoms with van der Waals surface area (Å²) in [6.07, 6.45) is 5.31. The Balaban J connectivity index is 1.91. The second-order valence-electron chi connectivity index (χ2n) is 6.02. The van der Waals surface area contributed by atoms with E-state index in [1.807, 2.05) is 0 Å². The minimum Gasteiger partial charge on any atom is -0.381 e. The van der Waals surface area contributed by atoms with E-state index < -0.39 is 9.84 Å². The van der Waals surface area contributed by atoms with Crippen LogP contribution in [0.1, 0.15) is 39.0 Å². The summed E-state index contributed by atoms with van der Waals surface area (Å²) in [5, 5.41) is 3.59. The fraction of sp³-hybridized carbons (Fsp3) is 1.00. The first-order valence-electron chi connectivity index (χ1n) is 7.62. The second kappa shape index (κ2) is 7.04. The van der Waals surface area contributed by atoms with Gasteiger partial charge in [0.25, 0.3) is 0 Å². The smallest absolute Gasteiger partial charge is 0.150 e. The predicted molar refractivity (Wildman–Crippen MR) is 77.0 cm³/mol. The van der Waals surface area contributed by atoms with E-state index in [1.165, 1.54) is 0 Å². The van der Waals surface area contributed by atoms with Crippen molar-refractivity contribution in [1.82, 2.24) is 5.32 Å². The average Bonchev–Trinajstić information content (AvgIpc) is 2.76. The number of hydrogen-bond acceptors (Lipinski definition) is 4. The molecule has 2 aliphatic rings. The summed E-state index contributed by atoms with van der Waals surface area (Å²) in [6, 6.07) is 0.375. The maximum atomic E-state index is 11.7. The normalized spacial score (nSPS) is 29.4. The van der Waals surface area contributed by atoms with Crippen LogP contribution < -0.4 is 5.32 Å². The van der Waals surface area contributed by atoms with Crippen LogP contribution in [-0.2, 0) is 14.6 Å². The van der Waals surface area contributed by atoms with Crippen molar-refractivity contribution in [2.24, 2.45) is 11.8 Å². The molecule has 19 heavy (non-hydrogen) atoms. The topological polar surface area (TPSA) is 55.4 Å². The number of rotatable bonds is 6. The van der Waals surface area contributed by atoms with Gasteiger partial charge in [0.2, 0.25) is 0 Å². The minimum absolute atomic E-state index is 0.319. The van der Waals surface area contributed by atoms with Crippen molar-refractivity contribution < 1.29 is 13.2 Å². The average molecular weight is 289 g/mol. The fourth-order valence-corrected chi connectivity index (χ4v) is 5.13. The molecule has 2 unspecified atom stereocenters. The molecular formula is C14H27NO3S. The zero-order chi connectivity index (χ0) is 13.7. The van der Waals surface area contributed by atoms with Crippen LogP contribution in [0.3, 0.4) is 0 Å². The second-order valence-corrected chi connectivity index (χ2v) is 8.24. The molecule has 0 spiro atoms. The molecule has 2 heterocycles. The Hall–Kier alpha value is -0.130. The molecule has 0 aromatic carbocycles. The quantitative estimate of drug-likeness (QED) is 0.807. The summed E-state index contributed by atoms with van der Waals surface area (Å²) in [5.74, 6) is 1.79. The first-order valence-corrected chi connectivity index (χ1v) is 9.44. The number of sulfone groups is 1. The maximum absolute atomic E-state index is 11.7. The van der Waals surface area contributed by atoms with E-state index in [1.54, 1.807) is 0 Å². The Bertz CT molecular complexity index is 363. The van der Waals surface area contributed by atoms with Crippen molar-refractivity contribution in [1.29, 1.82) is 0 Å². The summed E-state index contributed by atoms with van der Waals surface area (Å²) in [6.45, 7) is 4.89. The van der Waals surface area contributed by atoms with Gasteiger partial charge in [-0.05, 0) is 50.5 Å². The van der Waals surface area contributed by atoms with Gasteiger partial charge in [0.05, 0.1) is 11.5 Å². The third kappa shape index (κ3) is 4.72. The summed E-state index contributed by atoms with van der Waals surface area (Å²) in [4.78, 5) is 0. The van der Waals surface area contributed by atoms with E-state index in [0.717, 1.165) is 51.9 Å². The minimum atomic E-state index is -2.77. The molecule has 0 aromatic heterocycles. The Labute approximate surface area is 117 Å². The third-order valence-electron chi connectivity index (χ3n) is 4.42. The monoisotopic (exact) mass is 289 g/mol. The molecule has 0 aliphatic carbocycles. The molecule has 0 amide bonds. The molecular weight excluding hydrogens is 262 g/mol. The van der Waals surface area contributed by atoms with E-state index >= 15 is 0 Å². The number of nitrogens with one attached hydrogen (secondary N) is 1. The molecule has 2 aliphatic heterocycles. The molecule has 2 fully saturated rings. The van der Waals surface area contributed by atoms with Gasteiger partial charge in [-0.15, -0.1) is 0 Å². The Morgan fingerprint density at radius 2 is 2.00 bits per heavy atom. The van der Waals surface area contributed by atoms with Crippen LogP contribution in [0.2, 0.25) is 0 Å². The molecule has 112 valence electrons. The Morgan fingerprint density at radius 3 is 2.58 bits per heavy atom. The highest BCUT2D eigenvalue weighted by Crippen LogP contribution is 2.28. The Kier molecular flexibility index (Phi) is 5.66. The van der Waals surface area contributed by atoms with E-state index in [4.69, 9.17) is 4.74 Å². The van der Waals surface area contributed by atoms with E-state index in [9.17, 15) is 8.42 Å². The van der Waals surface area contributed by atoms with Gasteiger partial charge in [-0.25, -0.2) is 8.42 Å². The van der Waals surface area contributed by atoms with Gasteiger partial charge >= 0.3 is 0 Å². The van der Waals surface area contributed by atoms with Crippen LogP contribution in [0.25, 0.3) is 0 Å². The third-order valence-corrected chi connectivity index (χ3v) is 6.22. The molecule has 1 N–H and O–H groups in total. The van der Waals surface area contributed by atoms with Gasteiger partial charge in [-0.3, -0.25) is 0 Å². The molecule has 0 radical (unpaired) electrons. The summed E-state index contributed by atoms with van der Waals surface area (Å²) >= 11 is 0. The maximum Gasteiger partial charge on any atom is 0.150 e. The van der Waals surface area contributed by atoms with E-state index in [0.29, 0.717) is 29.4 Å². The lowest BCUT2D eigenvalue weighted by Gasteiger charge is -2.30. The first kappa shape index (κ1) is 15.3. The standard InChI is InChI=1S/C14H27NO3S/c1-2-6-15-14(10-12-3-7-18-8-4-12)13-5-9-19(16,17)11-13/h12-15H,2-11H2,1H3. The van der Waals surface area contributed by atoms with Gasteiger partial charge in [0, 0.05) is 19.3 Å². The molecule has 0 saturated carbocycles. The summed E-state index contributed by atoms with van der Waals surface area (Å²) in [7, 11) is -2.77. The zero-order valence-corrected chi connectivity index (χ0v) is 12.8. The SMILES string of the molecule is CCCNC(CC1CCOCC1)C1CCS(=O)(=O)C1. The van der Waals surface area contributed by atoms with Crippen LogP contribution in [0.4, 0.5) is 0 Å². The Morgan fingerprint density at radius 1 is 1.26 bits per heavy atom. The summed E-state index contributed by atoms with van der Waals surface area (Å²) in [5.41, 5.74) is 0. The van der Waals surface area contributed by atoms with Crippen molar-refractivity contribution in [3.8, 4) is 0 Å². The highest BCUT2D eigenvalue weighted by Gasteiger charge is 2.34. The highest BCUT2D eigenvalue weighted by molar-refractivity contribution is 7.91. The lowest BCUT2D eigenvalue weighted by molar-refractivity contribution is 0.0583. The highest BCUT2D eigenvalue weighted by atomic mass is 32.2. The van der Waals surface area contributed by atoms with Gasteiger partial charge in [0.1, 0.15) is 0 Å². The van der Waals surface area contributed by atoms with Crippen molar-refractivity contribution in [2.45, 2.75) is 45.1 Å². The molecule has 0 bridgehead atoms. The molecule has 2 atom stereocenters. The lowest BCUT2D eigenvalue weighted by atomic mass is 9.86. The fourth-order valence-electron chi connectivity index (χ4n) is 3.25. The van der Waals surface area contributed by atoms with Gasteiger partial charge < -0.3 is 10.1 Å². The van der Waals surface area contributed by atoms with Gasteiger partial charge in [0.15, 0.2) is 9.84 Å². The molecule has 2 saturated heterocycles. The van der Waals surface area contributed by atoms with Crippen LogP contribution in [-0.4, -0.2) is 45.7 Å². The van der Waals surface area contributed by atoms with E-state index in [-0.39, 0.29) is 0 Å². The van der Waals surface area contributed by atoms with E-state index in [2.05, 4.69) is 12.2 Å². The largest absolute Gasteiger partial charge is 0.381 e. The van der Waals surface area contributed by atoms with Crippen LogP contribution in [0.15, 0.2) is 0 Å². The van der Waals surface area contributed by atoms with Crippen molar-refractivity contribution in [3.05, 3.63) is 0 Å². The molecule has 4 nitrogen and oxygen atoms in total. The zero-order valence-electron chi connectivity index (χ0n) is 11.9. The molecule has 0 aromatic rings. The van der Waals surface area contributed by atoms with Crippen molar-refractivity contribution in [2.75, 3.05) is 31.3 Å². The molecule has 2 rings (SSSR count). The molecule has 5 heteroatoms. The predicted octanol–water partition coefficient (Wildman–Crippen LogP) is 1.61. The lowest BCUT2D eigenvalue weighted by Crippen LogP contribution is -2.39. The van der Waals surface area contributed by atoms with Gasteiger partial charge in [-0.2, -0.15) is 0 Å². The summed E-state index contributed by atoms with van der Waals surface area (Å²) < 4.78 is 28.7.